The van der Waals surface area contributed by atoms with Gasteiger partial charge in [0.15, 0.2) is 0 Å². The fourth-order valence-corrected chi connectivity index (χ4v) is 7.92. The Morgan fingerprint density at radius 3 is 1.57 bits per heavy atom. The van der Waals surface area contributed by atoms with Gasteiger partial charge in [-0.05, 0) is 78.7 Å². The minimum absolute atomic E-state index is 1.01. The summed E-state index contributed by atoms with van der Waals surface area (Å²) in [5.74, 6) is 0. The normalized spacial score (nSPS) is 12.0. The summed E-state index contributed by atoms with van der Waals surface area (Å²) in [6.07, 6.45) is 1.01. The molecule has 47 heavy (non-hydrogen) atoms. The number of hydrogen-bond donors (Lipinski definition) is 0. The quantitative estimate of drug-likeness (QED) is 0.191. The molecule has 0 bridgehead atoms. The van der Waals surface area contributed by atoms with Crippen LogP contribution in [0.3, 0.4) is 0 Å². The van der Waals surface area contributed by atoms with Gasteiger partial charge in [-0.15, -0.1) is 0 Å². The van der Waals surface area contributed by atoms with Crippen LogP contribution < -0.4 is 0 Å². The van der Waals surface area contributed by atoms with Gasteiger partial charge in [0.05, 0.1) is 33.1 Å². The minimum atomic E-state index is 1.01. The van der Waals surface area contributed by atoms with Crippen LogP contribution in [-0.4, -0.2) is 13.7 Å². The fraction of sp³-hybridized carbons (Fsp3) is 0.0455. The molecule has 3 heterocycles. The number of benzene rings is 7. The third-order valence-corrected chi connectivity index (χ3v) is 9.98. The highest BCUT2D eigenvalue weighted by Gasteiger charge is 2.21. The van der Waals surface area contributed by atoms with Gasteiger partial charge in [-0.3, -0.25) is 0 Å². The minimum Gasteiger partial charge on any atom is -0.309 e. The summed E-state index contributed by atoms with van der Waals surface area (Å²) in [6, 6.07) is 57.8. The van der Waals surface area contributed by atoms with Gasteiger partial charge in [-0.1, -0.05) is 97.9 Å². The number of aryl methyl sites for hydroxylation is 1. The first-order valence-corrected chi connectivity index (χ1v) is 16.4. The van der Waals surface area contributed by atoms with Crippen LogP contribution in [0, 0.1) is 0 Å². The van der Waals surface area contributed by atoms with E-state index >= 15 is 0 Å². The van der Waals surface area contributed by atoms with Crippen LogP contribution >= 0.6 is 0 Å². The Morgan fingerprint density at radius 2 is 0.894 bits per heavy atom. The van der Waals surface area contributed by atoms with Gasteiger partial charge >= 0.3 is 0 Å². The van der Waals surface area contributed by atoms with E-state index in [0.29, 0.717) is 0 Å². The number of hydrogen-bond acceptors (Lipinski definition) is 0. The predicted octanol–water partition coefficient (Wildman–Crippen LogP) is 11.5. The zero-order valence-electron chi connectivity index (χ0n) is 26.1. The zero-order chi connectivity index (χ0) is 31.1. The van der Waals surface area contributed by atoms with Crippen LogP contribution in [0.25, 0.3) is 82.5 Å². The maximum atomic E-state index is 2.47. The standard InChI is InChI=1S/C44H31N3/c1-2-29-23-25-41-37(27-29)35-24-26-42-43(44(35)47(41)30-13-4-3-5-14-30)36-19-8-11-22-40(36)46(42)32-16-12-15-31(28-32)45-38-20-9-6-17-33(38)34-18-7-10-21-39(34)45/h3-28H,2H2,1H3. The lowest BCUT2D eigenvalue weighted by atomic mass is 10.1. The van der Waals surface area contributed by atoms with Crippen molar-refractivity contribution in [1.29, 1.82) is 0 Å². The molecule has 0 saturated heterocycles. The lowest BCUT2D eigenvalue weighted by molar-refractivity contribution is 1.13. The molecule has 3 nitrogen and oxygen atoms in total. The van der Waals surface area contributed by atoms with E-state index in [2.05, 4.69) is 178 Å². The molecule has 7 aromatic carbocycles. The van der Waals surface area contributed by atoms with E-state index in [1.54, 1.807) is 0 Å². The molecule has 10 rings (SSSR count). The monoisotopic (exact) mass is 601 g/mol. The molecular formula is C44H31N3. The maximum absolute atomic E-state index is 2.47. The summed E-state index contributed by atoms with van der Waals surface area (Å²) in [6.45, 7) is 2.23. The van der Waals surface area contributed by atoms with E-state index < -0.39 is 0 Å². The molecule has 0 radical (unpaired) electrons. The second-order valence-corrected chi connectivity index (χ2v) is 12.5. The van der Waals surface area contributed by atoms with Crippen molar-refractivity contribution in [2.24, 2.45) is 0 Å². The molecule has 0 amide bonds. The number of aromatic nitrogens is 3. The highest BCUT2D eigenvalue weighted by molar-refractivity contribution is 6.26. The number of fused-ring (bicyclic) bond motifs is 10. The Kier molecular flexibility index (Phi) is 5.55. The average Bonchev–Trinajstić information content (AvgIpc) is 3.77. The van der Waals surface area contributed by atoms with Crippen molar-refractivity contribution in [1.82, 2.24) is 13.7 Å². The smallest absolute Gasteiger partial charge is 0.0641 e. The molecule has 3 heteroatoms. The molecule has 10 aromatic rings. The molecule has 0 atom stereocenters. The number of nitrogens with zero attached hydrogens (tertiary/aromatic N) is 3. The number of para-hydroxylation sites is 4. The molecule has 0 saturated carbocycles. The van der Waals surface area contributed by atoms with Gasteiger partial charge in [0.2, 0.25) is 0 Å². The van der Waals surface area contributed by atoms with Gasteiger partial charge in [-0.25, -0.2) is 0 Å². The first-order valence-electron chi connectivity index (χ1n) is 16.4. The highest BCUT2D eigenvalue weighted by atomic mass is 15.0. The van der Waals surface area contributed by atoms with E-state index in [9.17, 15) is 0 Å². The van der Waals surface area contributed by atoms with Gasteiger partial charge < -0.3 is 13.7 Å². The third kappa shape index (κ3) is 3.68. The summed E-state index contributed by atoms with van der Waals surface area (Å²) < 4.78 is 7.32. The van der Waals surface area contributed by atoms with Crippen molar-refractivity contribution in [2.45, 2.75) is 13.3 Å². The molecule has 222 valence electrons. The Morgan fingerprint density at radius 1 is 0.362 bits per heavy atom. The van der Waals surface area contributed by atoms with Crippen LogP contribution in [0.15, 0.2) is 158 Å². The van der Waals surface area contributed by atoms with Gasteiger partial charge in [0, 0.05) is 49.4 Å². The summed E-state index contributed by atoms with van der Waals surface area (Å²) in [4.78, 5) is 0. The molecule has 0 fully saturated rings. The van der Waals surface area contributed by atoms with Gasteiger partial charge in [-0.2, -0.15) is 0 Å². The summed E-state index contributed by atoms with van der Waals surface area (Å²) in [5.41, 5.74) is 12.2. The lowest BCUT2D eigenvalue weighted by Crippen LogP contribution is -1.98. The zero-order valence-corrected chi connectivity index (χ0v) is 26.1. The first-order chi connectivity index (χ1) is 23.3. The molecule has 0 N–H and O–H groups in total. The van der Waals surface area contributed by atoms with Crippen molar-refractivity contribution in [3.8, 4) is 17.1 Å². The summed E-state index contributed by atoms with van der Waals surface area (Å²) >= 11 is 0. The highest BCUT2D eigenvalue weighted by Crippen LogP contribution is 2.42. The van der Waals surface area contributed by atoms with E-state index in [4.69, 9.17) is 0 Å². The molecule has 0 aliphatic rings. The lowest BCUT2D eigenvalue weighted by Gasteiger charge is -2.13. The van der Waals surface area contributed by atoms with E-state index in [1.165, 1.54) is 76.7 Å². The average molecular weight is 602 g/mol. The van der Waals surface area contributed by atoms with Crippen LogP contribution in [0.1, 0.15) is 12.5 Å². The molecule has 0 unspecified atom stereocenters. The van der Waals surface area contributed by atoms with Crippen LogP contribution in [-0.2, 0) is 6.42 Å². The van der Waals surface area contributed by atoms with Crippen LogP contribution in [0.2, 0.25) is 0 Å². The first kappa shape index (κ1) is 26.2. The SMILES string of the molecule is CCc1ccc2c(c1)c1ccc3c(c4ccccc4n3-c3cccc(-n4c5ccccc5c5ccccc54)c3)c1n2-c1ccccc1. The molecule has 0 aliphatic heterocycles. The van der Waals surface area contributed by atoms with Crippen molar-refractivity contribution in [3.63, 3.8) is 0 Å². The summed E-state index contributed by atoms with van der Waals surface area (Å²) in [5, 5.41) is 7.66. The van der Waals surface area contributed by atoms with Crippen molar-refractivity contribution in [2.75, 3.05) is 0 Å². The van der Waals surface area contributed by atoms with Crippen molar-refractivity contribution >= 4 is 65.4 Å². The van der Waals surface area contributed by atoms with Crippen LogP contribution in [0.4, 0.5) is 0 Å². The van der Waals surface area contributed by atoms with Crippen LogP contribution in [0.5, 0.6) is 0 Å². The predicted molar refractivity (Wildman–Crippen MR) is 199 cm³/mol. The van der Waals surface area contributed by atoms with E-state index in [1.807, 2.05) is 0 Å². The largest absolute Gasteiger partial charge is 0.309 e. The number of rotatable bonds is 4. The fourth-order valence-electron chi connectivity index (χ4n) is 7.92. The van der Waals surface area contributed by atoms with Crippen molar-refractivity contribution < 1.29 is 0 Å². The maximum Gasteiger partial charge on any atom is 0.0641 e. The Balaban J connectivity index is 1.31. The van der Waals surface area contributed by atoms with E-state index in [0.717, 1.165) is 17.8 Å². The van der Waals surface area contributed by atoms with Gasteiger partial charge in [0.25, 0.3) is 0 Å². The third-order valence-electron chi connectivity index (χ3n) is 9.98. The topological polar surface area (TPSA) is 14.8 Å². The molecule has 3 aromatic heterocycles. The molecule has 0 aliphatic carbocycles. The Bertz CT molecular complexity index is 2770. The van der Waals surface area contributed by atoms with Crippen molar-refractivity contribution in [3.05, 3.63) is 163 Å². The summed E-state index contributed by atoms with van der Waals surface area (Å²) in [7, 11) is 0. The Labute approximate surface area is 272 Å². The second kappa shape index (κ2) is 9.97. The molecule has 0 spiro atoms. The molecular weight excluding hydrogens is 571 g/mol. The Hall–Kier alpha value is -6.06. The second-order valence-electron chi connectivity index (χ2n) is 12.5. The van der Waals surface area contributed by atoms with Gasteiger partial charge in [0.1, 0.15) is 0 Å². The van der Waals surface area contributed by atoms with E-state index in [-0.39, 0.29) is 0 Å².